The minimum absolute atomic E-state index is 0.201. The van der Waals surface area contributed by atoms with Gasteiger partial charge in [0.25, 0.3) is 0 Å². The van der Waals surface area contributed by atoms with Crippen LogP contribution in [0.25, 0.3) is 0 Å². The highest BCUT2D eigenvalue weighted by atomic mass is 32.2. The molecular formula is C11H20O3S2. The maximum Gasteiger partial charge on any atom is 0.213 e. The predicted octanol–water partition coefficient (Wildman–Crippen LogP) is 2.77. The van der Waals surface area contributed by atoms with Crippen LogP contribution < -0.4 is 0 Å². The van der Waals surface area contributed by atoms with Gasteiger partial charge in [-0.2, -0.15) is 0 Å². The molecule has 0 aromatic carbocycles. The molecule has 0 aliphatic heterocycles. The van der Waals surface area contributed by atoms with Crippen molar-refractivity contribution >= 4 is 26.7 Å². The average Bonchev–Trinajstić information content (AvgIpc) is 1.95. The van der Waals surface area contributed by atoms with Crippen molar-refractivity contribution in [1.82, 2.24) is 0 Å². The molecule has 0 aromatic heterocycles. The van der Waals surface area contributed by atoms with E-state index in [-0.39, 0.29) is 9.86 Å². The molecule has 0 radical (unpaired) electrons. The second kappa shape index (κ2) is 4.92. The smallest absolute Gasteiger partial charge is 0.213 e. The first kappa shape index (κ1) is 15.7. The summed E-state index contributed by atoms with van der Waals surface area (Å²) in [6, 6.07) is 0. The Morgan fingerprint density at radius 3 is 1.81 bits per heavy atom. The fraction of sp³-hybridized carbons (Fsp3) is 0.727. The van der Waals surface area contributed by atoms with Crippen molar-refractivity contribution in [3.8, 4) is 0 Å². The highest BCUT2D eigenvalue weighted by molar-refractivity contribution is 8.15. The Kier molecular flexibility index (Phi) is 4.83. The van der Waals surface area contributed by atoms with Gasteiger partial charge < -0.3 is 0 Å². The topological polar surface area (TPSA) is 51.2 Å². The number of carbonyl (C=O) groups is 1. The lowest BCUT2D eigenvalue weighted by atomic mass is 10.3. The Balaban J connectivity index is 4.71. The number of hydrogen-bond donors (Lipinski definition) is 0. The molecule has 94 valence electrons. The molecule has 0 N–H and O–H groups in total. The summed E-state index contributed by atoms with van der Waals surface area (Å²) in [5.74, 6) is 0. The molecule has 0 fully saturated rings. The van der Waals surface area contributed by atoms with Crippen LogP contribution in [-0.2, 0) is 14.6 Å². The van der Waals surface area contributed by atoms with Gasteiger partial charge in [-0.3, -0.25) is 4.79 Å². The van der Waals surface area contributed by atoms with Crippen LogP contribution in [0.15, 0.2) is 11.5 Å². The molecule has 0 aliphatic rings. The maximum atomic E-state index is 11.7. The Hall–Kier alpha value is -0.290. The van der Waals surface area contributed by atoms with Crippen LogP contribution in [0.2, 0.25) is 0 Å². The monoisotopic (exact) mass is 264 g/mol. The number of sulfone groups is 1. The van der Waals surface area contributed by atoms with Crippen molar-refractivity contribution in [3.63, 3.8) is 0 Å². The molecule has 16 heavy (non-hydrogen) atoms. The van der Waals surface area contributed by atoms with E-state index in [1.54, 1.807) is 20.8 Å². The van der Waals surface area contributed by atoms with Gasteiger partial charge in [-0.25, -0.2) is 8.42 Å². The minimum Gasteiger partial charge on any atom is -0.282 e. The highest BCUT2D eigenvalue weighted by Crippen LogP contribution is 2.25. The summed E-state index contributed by atoms with van der Waals surface area (Å²) in [5, 5.41) is 0.772. The predicted molar refractivity (Wildman–Crippen MR) is 70.2 cm³/mol. The molecule has 0 aromatic rings. The van der Waals surface area contributed by atoms with E-state index in [1.165, 1.54) is 0 Å². The van der Waals surface area contributed by atoms with E-state index in [1.807, 2.05) is 20.8 Å². The molecule has 0 aliphatic carbocycles. The first-order valence-corrected chi connectivity index (χ1v) is 7.37. The number of rotatable bonds is 2. The van der Waals surface area contributed by atoms with Crippen LogP contribution in [0, 0.1) is 0 Å². The van der Waals surface area contributed by atoms with E-state index in [4.69, 9.17) is 0 Å². The second-order valence-electron chi connectivity index (χ2n) is 5.49. The molecule has 5 heteroatoms. The van der Waals surface area contributed by atoms with Crippen molar-refractivity contribution in [3.05, 3.63) is 11.5 Å². The van der Waals surface area contributed by atoms with Gasteiger partial charge >= 0.3 is 0 Å². The maximum absolute atomic E-state index is 11.7. The number of carbonyl (C=O) groups excluding carboxylic acids is 1. The van der Waals surface area contributed by atoms with Crippen LogP contribution in [0.5, 0.6) is 0 Å². The van der Waals surface area contributed by atoms with Gasteiger partial charge in [0, 0.05) is 16.2 Å². The SMILES string of the molecule is CC(C)(C)SC(=O)/C=C/S(=O)(=O)C(C)(C)C. The third-order valence-corrected chi connectivity index (χ3v) is 4.79. The number of thioether (sulfide) groups is 1. The summed E-state index contributed by atoms with van der Waals surface area (Å²) in [6.45, 7) is 10.5. The molecule has 0 bridgehead atoms. The third-order valence-electron chi connectivity index (χ3n) is 1.64. The van der Waals surface area contributed by atoms with E-state index in [2.05, 4.69) is 0 Å². The Bertz CT molecular complexity index is 378. The van der Waals surface area contributed by atoms with Crippen molar-refractivity contribution in [2.45, 2.75) is 51.0 Å². The zero-order valence-electron chi connectivity index (χ0n) is 10.7. The summed E-state index contributed by atoms with van der Waals surface area (Å²) in [6.07, 6.45) is 1.14. The average molecular weight is 264 g/mol. The summed E-state index contributed by atoms with van der Waals surface area (Å²) >= 11 is 1.12. The molecule has 0 amide bonds. The lowest BCUT2D eigenvalue weighted by molar-refractivity contribution is -0.107. The summed E-state index contributed by atoms with van der Waals surface area (Å²) in [4.78, 5) is 11.4. The van der Waals surface area contributed by atoms with Gasteiger partial charge in [0.2, 0.25) is 5.12 Å². The zero-order chi connectivity index (χ0) is 13.2. The Morgan fingerprint density at radius 1 is 1.06 bits per heavy atom. The van der Waals surface area contributed by atoms with E-state index in [0.29, 0.717) is 0 Å². The molecule has 0 saturated heterocycles. The zero-order valence-corrected chi connectivity index (χ0v) is 12.3. The second-order valence-corrected chi connectivity index (χ2v) is 9.91. The van der Waals surface area contributed by atoms with Gasteiger partial charge in [0.05, 0.1) is 4.75 Å². The fourth-order valence-corrected chi connectivity index (χ4v) is 2.22. The Labute approximate surface area is 103 Å². The molecular weight excluding hydrogens is 244 g/mol. The lowest BCUT2D eigenvalue weighted by Crippen LogP contribution is -2.25. The first-order chi connectivity index (χ1) is 6.85. The molecule has 0 unspecified atom stereocenters. The van der Waals surface area contributed by atoms with Crippen molar-refractivity contribution in [2.75, 3.05) is 0 Å². The molecule has 0 spiro atoms. The van der Waals surface area contributed by atoms with Gasteiger partial charge in [-0.1, -0.05) is 32.5 Å². The lowest BCUT2D eigenvalue weighted by Gasteiger charge is -2.16. The summed E-state index contributed by atoms with van der Waals surface area (Å²) < 4.78 is 22.3. The van der Waals surface area contributed by atoms with Crippen LogP contribution in [0.3, 0.4) is 0 Å². The van der Waals surface area contributed by atoms with Crippen LogP contribution in [0.1, 0.15) is 41.5 Å². The molecule has 0 rings (SSSR count). The largest absolute Gasteiger partial charge is 0.282 e. The molecule has 0 heterocycles. The fourth-order valence-electron chi connectivity index (χ4n) is 0.685. The van der Waals surface area contributed by atoms with Gasteiger partial charge in [0.1, 0.15) is 0 Å². The minimum atomic E-state index is -3.36. The molecule has 0 saturated carbocycles. The quantitative estimate of drug-likeness (QED) is 0.720. The number of hydrogen-bond acceptors (Lipinski definition) is 4. The van der Waals surface area contributed by atoms with E-state index >= 15 is 0 Å². The highest BCUT2D eigenvalue weighted by Gasteiger charge is 2.26. The van der Waals surface area contributed by atoms with Crippen LogP contribution in [0.4, 0.5) is 0 Å². The molecule has 0 atom stereocenters. The third kappa shape index (κ3) is 5.70. The van der Waals surface area contributed by atoms with E-state index in [0.717, 1.165) is 23.2 Å². The standard InChI is InChI=1S/C11H20O3S2/c1-10(2,3)15-9(12)7-8-16(13,14)11(4,5)6/h7-8H,1-6H3/b8-7+. The van der Waals surface area contributed by atoms with E-state index in [9.17, 15) is 13.2 Å². The Morgan fingerprint density at radius 2 is 1.50 bits per heavy atom. The van der Waals surface area contributed by atoms with Crippen LogP contribution >= 0.6 is 11.8 Å². The summed E-state index contributed by atoms with van der Waals surface area (Å²) in [7, 11) is -3.36. The molecule has 3 nitrogen and oxygen atoms in total. The van der Waals surface area contributed by atoms with Gasteiger partial charge in [-0.15, -0.1) is 0 Å². The van der Waals surface area contributed by atoms with Crippen molar-refractivity contribution in [1.29, 1.82) is 0 Å². The summed E-state index contributed by atoms with van der Waals surface area (Å²) in [5.41, 5.74) is 0. The van der Waals surface area contributed by atoms with Gasteiger partial charge in [0.15, 0.2) is 9.84 Å². The van der Waals surface area contributed by atoms with Crippen molar-refractivity contribution < 1.29 is 13.2 Å². The first-order valence-electron chi connectivity index (χ1n) is 5.01. The van der Waals surface area contributed by atoms with Crippen molar-refractivity contribution in [2.24, 2.45) is 0 Å². The van der Waals surface area contributed by atoms with Gasteiger partial charge in [-0.05, 0) is 20.8 Å². The van der Waals surface area contributed by atoms with E-state index < -0.39 is 14.6 Å². The van der Waals surface area contributed by atoms with Crippen LogP contribution in [-0.4, -0.2) is 23.0 Å². The normalized spacial score (nSPS) is 14.4.